The fourth-order valence-electron chi connectivity index (χ4n) is 2.18. The van der Waals surface area contributed by atoms with Crippen molar-refractivity contribution in [2.45, 2.75) is 18.1 Å². The minimum Gasteiger partial charge on any atom is -0.494 e. The van der Waals surface area contributed by atoms with Crippen LogP contribution in [0, 0.1) is 0 Å². The molecule has 0 radical (unpaired) electrons. The van der Waals surface area contributed by atoms with Gasteiger partial charge in [-0.25, -0.2) is 0 Å². The summed E-state index contributed by atoms with van der Waals surface area (Å²) in [4.78, 5) is 12.0. The Morgan fingerprint density at radius 1 is 1.48 bits per heavy atom. The number of methoxy groups -OCH3 is 1. The second-order valence-electron chi connectivity index (χ2n) is 4.84. The normalized spacial score (nSPS) is 17.2. The Morgan fingerprint density at radius 2 is 2.19 bits per heavy atom. The minimum absolute atomic E-state index is 0.0157. The number of nitrogens with two attached hydrogens (primary N) is 1. The van der Waals surface area contributed by atoms with E-state index in [-0.39, 0.29) is 16.9 Å². The highest BCUT2D eigenvalue weighted by Crippen LogP contribution is 2.26. The number of carbonyl (C=O) groups is 1. The van der Waals surface area contributed by atoms with Crippen molar-refractivity contribution in [2.75, 3.05) is 37.1 Å². The SMILES string of the molecule is COc1cc(N)ccc1NC(=O)CS(=O)C1CCOCC1. The highest BCUT2D eigenvalue weighted by Gasteiger charge is 2.22. The number of ether oxygens (including phenoxy) is 2. The first-order chi connectivity index (χ1) is 10.1. The first kappa shape index (κ1) is 15.8. The number of carbonyl (C=O) groups excluding carboxylic acids is 1. The Labute approximate surface area is 126 Å². The van der Waals surface area contributed by atoms with E-state index in [0.717, 1.165) is 12.8 Å². The van der Waals surface area contributed by atoms with Crippen LogP contribution in [0.5, 0.6) is 5.75 Å². The molecule has 0 spiro atoms. The number of hydrogen-bond donors (Lipinski definition) is 2. The van der Waals surface area contributed by atoms with Gasteiger partial charge in [-0.1, -0.05) is 0 Å². The predicted octanol–water partition coefficient (Wildman–Crippen LogP) is 1.14. The van der Waals surface area contributed by atoms with Gasteiger partial charge in [-0.15, -0.1) is 0 Å². The van der Waals surface area contributed by atoms with Crippen LogP contribution in [0.2, 0.25) is 0 Å². The first-order valence-electron chi connectivity index (χ1n) is 6.78. The number of anilines is 2. The lowest BCUT2D eigenvalue weighted by Crippen LogP contribution is -2.30. The maximum atomic E-state index is 12.2. The minimum atomic E-state index is -1.18. The van der Waals surface area contributed by atoms with Gasteiger partial charge >= 0.3 is 0 Å². The molecule has 1 aliphatic heterocycles. The molecule has 21 heavy (non-hydrogen) atoms. The number of nitrogens with one attached hydrogen (secondary N) is 1. The second kappa shape index (κ2) is 7.42. The monoisotopic (exact) mass is 312 g/mol. The molecule has 2 rings (SSSR count). The summed E-state index contributed by atoms with van der Waals surface area (Å²) in [6, 6.07) is 4.97. The van der Waals surface area contributed by atoms with Gasteiger partial charge in [0.05, 0.1) is 12.8 Å². The molecule has 1 saturated heterocycles. The zero-order chi connectivity index (χ0) is 15.2. The first-order valence-corrected chi connectivity index (χ1v) is 8.16. The smallest absolute Gasteiger partial charge is 0.237 e. The van der Waals surface area contributed by atoms with Crippen LogP contribution in [-0.4, -0.2) is 41.4 Å². The van der Waals surface area contributed by atoms with Gasteiger partial charge < -0.3 is 20.5 Å². The topological polar surface area (TPSA) is 90.6 Å². The standard InChI is InChI=1S/C14H20N2O4S/c1-19-13-8-10(15)2-3-12(13)16-14(17)9-21(18)11-4-6-20-7-5-11/h2-3,8,11H,4-7,9,15H2,1H3,(H,16,17). The summed E-state index contributed by atoms with van der Waals surface area (Å²) < 4.78 is 22.5. The Morgan fingerprint density at radius 3 is 2.86 bits per heavy atom. The third-order valence-corrected chi connectivity index (χ3v) is 5.07. The molecular weight excluding hydrogens is 292 g/mol. The van der Waals surface area contributed by atoms with Crippen molar-refractivity contribution in [3.8, 4) is 5.75 Å². The maximum Gasteiger partial charge on any atom is 0.237 e. The summed E-state index contributed by atoms with van der Waals surface area (Å²) in [5.41, 5.74) is 6.74. The van der Waals surface area contributed by atoms with Gasteiger partial charge in [0.2, 0.25) is 5.91 Å². The molecule has 1 unspecified atom stereocenters. The van der Waals surface area contributed by atoms with E-state index in [0.29, 0.717) is 30.3 Å². The molecule has 116 valence electrons. The summed E-state index contributed by atoms with van der Waals surface area (Å²) in [6.45, 7) is 1.23. The fourth-order valence-corrected chi connectivity index (χ4v) is 3.47. The van der Waals surface area contributed by atoms with Crippen molar-refractivity contribution in [1.82, 2.24) is 0 Å². The van der Waals surface area contributed by atoms with Crippen LogP contribution in [0.4, 0.5) is 11.4 Å². The molecule has 1 heterocycles. The van der Waals surface area contributed by atoms with E-state index < -0.39 is 10.8 Å². The molecule has 7 heteroatoms. The summed E-state index contributed by atoms with van der Waals surface area (Å²) in [5.74, 6) is 0.182. The van der Waals surface area contributed by atoms with E-state index in [2.05, 4.69) is 5.32 Å². The lowest BCUT2D eigenvalue weighted by molar-refractivity contribution is -0.113. The van der Waals surface area contributed by atoms with Crippen LogP contribution < -0.4 is 15.8 Å². The Balaban J connectivity index is 1.93. The molecule has 0 saturated carbocycles. The molecule has 0 aliphatic carbocycles. The van der Waals surface area contributed by atoms with E-state index in [4.69, 9.17) is 15.2 Å². The molecule has 0 aromatic heterocycles. The summed E-state index contributed by atoms with van der Waals surface area (Å²) >= 11 is 0. The molecule has 1 amide bonds. The Bertz CT molecular complexity index is 530. The summed E-state index contributed by atoms with van der Waals surface area (Å²) in [7, 11) is 0.324. The molecule has 3 N–H and O–H groups in total. The van der Waals surface area contributed by atoms with Gasteiger partial charge in [0.15, 0.2) is 0 Å². The van der Waals surface area contributed by atoms with Gasteiger partial charge in [-0.05, 0) is 25.0 Å². The molecule has 0 bridgehead atoms. The third-order valence-electron chi connectivity index (χ3n) is 3.31. The van der Waals surface area contributed by atoms with Crippen molar-refractivity contribution in [3.05, 3.63) is 18.2 Å². The maximum absolute atomic E-state index is 12.2. The molecule has 1 atom stereocenters. The van der Waals surface area contributed by atoms with Crippen molar-refractivity contribution in [1.29, 1.82) is 0 Å². The molecular formula is C14H20N2O4S. The van der Waals surface area contributed by atoms with Gasteiger partial charge in [0.1, 0.15) is 11.5 Å². The largest absolute Gasteiger partial charge is 0.494 e. The highest BCUT2D eigenvalue weighted by atomic mass is 32.2. The lowest BCUT2D eigenvalue weighted by atomic mass is 10.2. The zero-order valence-corrected chi connectivity index (χ0v) is 12.8. The Hall–Kier alpha value is -1.60. The van der Waals surface area contributed by atoms with Crippen LogP contribution in [0.1, 0.15) is 12.8 Å². The molecule has 6 nitrogen and oxygen atoms in total. The number of amides is 1. The van der Waals surface area contributed by atoms with Gasteiger partial charge in [0.25, 0.3) is 0 Å². The number of nitrogen functional groups attached to an aromatic ring is 1. The lowest BCUT2D eigenvalue weighted by Gasteiger charge is -2.21. The van der Waals surface area contributed by atoms with Crippen LogP contribution in [0.3, 0.4) is 0 Å². The van der Waals surface area contributed by atoms with Crippen LogP contribution in [0.25, 0.3) is 0 Å². The number of hydrogen-bond acceptors (Lipinski definition) is 5. The highest BCUT2D eigenvalue weighted by molar-refractivity contribution is 7.86. The van der Waals surface area contributed by atoms with Crippen LogP contribution in [-0.2, 0) is 20.3 Å². The van der Waals surface area contributed by atoms with Crippen molar-refractivity contribution in [3.63, 3.8) is 0 Å². The van der Waals surface area contributed by atoms with Crippen LogP contribution in [0.15, 0.2) is 18.2 Å². The van der Waals surface area contributed by atoms with E-state index >= 15 is 0 Å². The molecule has 1 aromatic carbocycles. The third kappa shape index (κ3) is 4.44. The van der Waals surface area contributed by atoms with Gasteiger partial charge in [-0.3, -0.25) is 9.00 Å². The van der Waals surface area contributed by atoms with Crippen LogP contribution >= 0.6 is 0 Å². The van der Waals surface area contributed by atoms with E-state index in [1.54, 1.807) is 18.2 Å². The average molecular weight is 312 g/mol. The summed E-state index contributed by atoms with van der Waals surface area (Å²) in [6.07, 6.45) is 1.48. The fraction of sp³-hybridized carbons (Fsp3) is 0.500. The van der Waals surface area contributed by atoms with E-state index in [1.807, 2.05) is 0 Å². The van der Waals surface area contributed by atoms with E-state index in [9.17, 15) is 9.00 Å². The number of rotatable bonds is 5. The van der Waals surface area contributed by atoms with Gasteiger partial charge in [0, 0.05) is 41.0 Å². The van der Waals surface area contributed by atoms with Crippen molar-refractivity contribution < 1.29 is 18.5 Å². The quantitative estimate of drug-likeness (QED) is 0.796. The number of benzene rings is 1. The van der Waals surface area contributed by atoms with Crippen molar-refractivity contribution >= 4 is 28.1 Å². The van der Waals surface area contributed by atoms with Gasteiger partial charge in [-0.2, -0.15) is 0 Å². The summed E-state index contributed by atoms with van der Waals surface area (Å²) in [5, 5.41) is 2.75. The van der Waals surface area contributed by atoms with Crippen molar-refractivity contribution in [2.24, 2.45) is 0 Å². The molecule has 1 aliphatic rings. The molecule has 1 fully saturated rings. The van der Waals surface area contributed by atoms with E-state index in [1.165, 1.54) is 7.11 Å². The Kier molecular flexibility index (Phi) is 5.58. The second-order valence-corrected chi connectivity index (χ2v) is 6.56. The predicted molar refractivity (Wildman–Crippen MR) is 82.9 cm³/mol. The zero-order valence-electron chi connectivity index (χ0n) is 12.0. The average Bonchev–Trinajstić information content (AvgIpc) is 2.49. The molecule has 1 aromatic rings.